The Morgan fingerprint density at radius 2 is 2.29 bits per heavy atom. The smallest absolute Gasteiger partial charge is 0.305 e. The average Bonchev–Trinajstić information content (AvgIpc) is 2.16. The average molecular weight is 197 g/mol. The van der Waals surface area contributed by atoms with Crippen molar-refractivity contribution in [3.8, 4) is 0 Å². The van der Waals surface area contributed by atoms with Crippen LogP contribution in [-0.2, 0) is 0 Å². The third-order valence-electron chi connectivity index (χ3n) is 1.58. The number of benzene rings is 1. The summed E-state index contributed by atoms with van der Waals surface area (Å²) in [6.07, 6.45) is 2.89. The molecule has 0 saturated heterocycles. The molecule has 0 aliphatic heterocycles. The van der Waals surface area contributed by atoms with Crippen molar-refractivity contribution < 1.29 is 14.4 Å². The van der Waals surface area contributed by atoms with Gasteiger partial charge in [-0.15, -0.1) is 0 Å². The van der Waals surface area contributed by atoms with Gasteiger partial charge in [0.25, 0.3) is 0 Å². The molecule has 0 fully saturated rings. The molecule has 1 aromatic carbocycles. The van der Waals surface area contributed by atoms with Crippen LogP contribution in [0.5, 0.6) is 0 Å². The van der Waals surface area contributed by atoms with Crippen LogP contribution in [0.25, 0.3) is 6.08 Å². The molecule has 0 atom stereocenters. The molecule has 1 rings (SSSR count). The summed E-state index contributed by atoms with van der Waals surface area (Å²) >= 11 is 0. The zero-order valence-corrected chi connectivity index (χ0v) is 7.18. The van der Waals surface area contributed by atoms with Gasteiger partial charge in [-0.25, -0.2) is 0 Å². The molecule has 0 aromatic heterocycles. The summed E-state index contributed by atoms with van der Waals surface area (Å²) in [6, 6.07) is 3.53. The molecule has 0 spiro atoms. The third-order valence-corrected chi connectivity index (χ3v) is 1.58. The summed E-state index contributed by atoms with van der Waals surface area (Å²) in [5, 5.41) is 18.8. The number of rotatable bonds is 3. The molecular formula is C9H8FNO3. The zero-order valence-electron chi connectivity index (χ0n) is 7.18. The summed E-state index contributed by atoms with van der Waals surface area (Å²) in [4.78, 5) is 9.55. The minimum atomic E-state index is -0.865. The first-order valence-corrected chi connectivity index (χ1v) is 3.86. The highest BCUT2D eigenvalue weighted by Gasteiger charge is 2.12. The lowest BCUT2D eigenvalue weighted by Crippen LogP contribution is -1.92. The van der Waals surface area contributed by atoms with Crippen molar-refractivity contribution >= 4 is 11.8 Å². The van der Waals surface area contributed by atoms with Crippen LogP contribution in [0.4, 0.5) is 10.1 Å². The standard InChI is InChI=1S/C9H8FNO3/c10-8-4-3-7(2-1-5-12)6-9(8)11(13)14/h1-4,6,12H,5H2. The van der Waals surface area contributed by atoms with Gasteiger partial charge in [0, 0.05) is 6.07 Å². The number of nitrogens with zero attached hydrogens (tertiary/aromatic N) is 1. The summed E-state index contributed by atoms with van der Waals surface area (Å²) in [5.41, 5.74) is -0.0859. The van der Waals surface area contributed by atoms with Crippen molar-refractivity contribution in [2.24, 2.45) is 0 Å². The van der Waals surface area contributed by atoms with Gasteiger partial charge < -0.3 is 5.11 Å². The van der Waals surface area contributed by atoms with Crippen molar-refractivity contribution in [3.63, 3.8) is 0 Å². The van der Waals surface area contributed by atoms with Crippen molar-refractivity contribution in [1.82, 2.24) is 0 Å². The highest BCUT2D eigenvalue weighted by atomic mass is 19.1. The molecule has 1 aromatic rings. The topological polar surface area (TPSA) is 63.4 Å². The van der Waals surface area contributed by atoms with Gasteiger partial charge in [-0.05, 0) is 11.6 Å². The fraction of sp³-hybridized carbons (Fsp3) is 0.111. The molecular weight excluding hydrogens is 189 g/mol. The number of aliphatic hydroxyl groups excluding tert-OH is 1. The first-order valence-electron chi connectivity index (χ1n) is 3.86. The lowest BCUT2D eigenvalue weighted by atomic mass is 10.2. The predicted molar refractivity (Wildman–Crippen MR) is 49.2 cm³/mol. The van der Waals surface area contributed by atoms with Crippen LogP contribution in [0.3, 0.4) is 0 Å². The second-order valence-corrected chi connectivity index (χ2v) is 2.55. The van der Waals surface area contributed by atoms with Crippen LogP contribution >= 0.6 is 0 Å². The van der Waals surface area contributed by atoms with Gasteiger partial charge in [0.05, 0.1) is 11.5 Å². The maximum absolute atomic E-state index is 12.8. The maximum atomic E-state index is 12.8. The van der Waals surface area contributed by atoms with E-state index in [9.17, 15) is 14.5 Å². The first-order chi connectivity index (χ1) is 6.65. The first kappa shape index (κ1) is 10.3. The van der Waals surface area contributed by atoms with E-state index in [4.69, 9.17) is 5.11 Å². The number of hydrogen-bond donors (Lipinski definition) is 1. The van der Waals surface area contributed by atoms with Crippen molar-refractivity contribution in [1.29, 1.82) is 0 Å². The second kappa shape index (κ2) is 4.48. The minimum Gasteiger partial charge on any atom is -0.392 e. The third kappa shape index (κ3) is 2.37. The molecule has 0 unspecified atom stereocenters. The molecule has 1 N–H and O–H groups in total. The summed E-state index contributed by atoms with van der Waals surface area (Å²) in [5.74, 6) is -0.865. The van der Waals surface area contributed by atoms with Gasteiger partial charge in [0.2, 0.25) is 5.82 Å². The van der Waals surface area contributed by atoms with E-state index in [1.165, 1.54) is 18.2 Å². The Balaban J connectivity index is 3.06. The Labute approximate surface area is 79.4 Å². The van der Waals surface area contributed by atoms with E-state index in [1.807, 2.05) is 0 Å². The van der Waals surface area contributed by atoms with Gasteiger partial charge in [-0.1, -0.05) is 18.2 Å². The predicted octanol–water partition coefficient (Wildman–Crippen LogP) is 1.74. The molecule has 0 radical (unpaired) electrons. The van der Waals surface area contributed by atoms with Crippen LogP contribution in [-0.4, -0.2) is 16.6 Å². The lowest BCUT2D eigenvalue weighted by molar-refractivity contribution is -0.387. The molecule has 0 heterocycles. The Hall–Kier alpha value is -1.75. The van der Waals surface area contributed by atoms with Gasteiger partial charge >= 0.3 is 5.69 Å². The zero-order chi connectivity index (χ0) is 10.6. The van der Waals surface area contributed by atoms with Crippen molar-refractivity contribution in [3.05, 3.63) is 45.8 Å². The van der Waals surface area contributed by atoms with Crippen LogP contribution in [0.15, 0.2) is 24.3 Å². The van der Waals surface area contributed by atoms with Crippen molar-refractivity contribution in [2.75, 3.05) is 6.61 Å². The van der Waals surface area contributed by atoms with Crippen molar-refractivity contribution in [2.45, 2.75) is 0 Å². The Kier molecular flexibility index (Phi) is 3.30. The fourth-order valence-corrected chi connectivity index (χ4v) is 0.962. The maximum Gasteiger partial charge on any atom is 0.305 e. The van der Waals surface area contributed by atoms with Gasteiger partial charge in [-0.3, -0.25) is 10.1 Å². The highest BCUT2D eigenvalue weighted by Crippen LogP contribution is 2.19. The van der Waals surface area contributed by atoms with E-state index >= 15 is 0 Å². The molecule has 14 heavy (non-hydrogen) atoms. The Morgan fingerprint density at radius 3 is 2.86 bits per heavy atom. The SMILES string of the molecule is O=[N+]([O-])c1cc(C=CCO)ccc1F. The van der Waals surface area contributed by atoms with Gasteiger partial charge in [0.1, 0.15) is 0 Å². The molecule has 4 nitrogen and oxygen atoms in total. The molecule has 0 aliphatic carbocycles. The number of nitro benzene ring substituents is 1. The number of hydrogen-bond acceptors (Lipinski definition) is 3. The molecule has 74 valence electrons. The molecule has 0 aliphatic rings. The highest BCUT2D eigenvalue weighted by molar-refractivity contribution is 5.53. The van der Waals surface area contributed by atoms with E-state index in [0.717, 1.165) is 12.1 Å². The summed E-state index contributed by atoms with van der Waals surface area (Å²) in [7, 11) is 0. The summed E-state index contributed by atoms with van der Waals surface area (Å²) in [6.45, 7) is -0.162. The Morgan fingerprint density at radius 1 is 1.57 bits per heavy atom. The fourth-order valence-electron chi connectivity index (χ4n) is 0.962. The largest absolute Gasteiger partial charge is 0.392 e. The molecule has 0 saturated carbocycles. The van der Waals surface area contributed by atoms with E-state index in [0.29, 0.717) is 5.56 Å². The van der Waals surface area contributed by atoms with Crippen LogP contribution in [0, 0.1) is 15.9 Å². The van der Waals surface area contributed by atoms with E-state index in [1.54, 1.807) is 0 Å². The quantitative estimate of drug-likeness (QED) is 0.592. The van der Waals surface area contributed by atoms with Crippen LogP contribution < -0.4 is 0 Å². The number of halogens is 1. The summed E-state index contributed by atoms with van der Waals surface area (Å²) < 4.78 is 12.8. The minimum absolute atomic E-state index is 0.162. The monoisotopic (exact) mass is 197 g/mol. The Bertz CT molecular complexity index is 376. The lowest BCUT2D eigenvalue weighted by Gasteiger charge is -1.95. The van der Waals surface area contributed by atoms with E-state index in [2.05, 4.69) is 0 Å². The normalized spacial score (nSPS) is 10.7. The molecule has 0 bridgehead atoms. The van der Waals surface area contributed by atoms with Crippen LogP contribution in [0.1, 0.15) is 5.56 Å². The van der Waals surface area contributed by atoms with Gasteiger partial charge in [-0.2, -0.15) is 4.39 Å². The van der Waals surface area contributed by atoms with E-state index < -0.39 is 16.4 Å². The van der Waals surface area contributed by atoms with Crippen LogP contribution in [0.2, 0.25) is 0 Å². The molecule has 0 amide bonds. The molecule has 5 heteroatoms. The van der Waals surface area contributed by atoms with Gasteiger partial charge in [0.15, 0.2) is 0 Å². The number of aliphatic hydroxyl groups is 1. The number of nitro groups is 1. The van der Waals surface area contributed by atoms with E-state index in [-0.39, 0.29) is 6.61 Å². The second-order valence-electron chi connectivity index (χ2n) is 2.55.